The second-order valence-corrected chi connectivity index (χ2v) is 4.41. The SMILES string of the molecule is Cc1cscc1C(=O)N1CCC(O)C1. The fraction of sp³-hybridized carbons (Fsp3) is 0.500. The molecular weight excluding hydrogens is 198 g/mol. The third-order valence-corrected chi connectivity index (χ3v) is 3.40. The molecule has 1 fully saturated rings. The van der Waals surface area contributed by atoms with E-state index in [1.54, 1.807) is 16.2 Å². The number of likely N-dealkylation sites (tertiary alicyclic amines) is 1. The molecule has 0 spiro atoms. The number of carbonyl (C=O) groups excluding carboxylic acids is 1. The Morgan fingerprint density at radius 3 is 2.93 bits per heavy atom. The maximum atomic E-state index is 11.9. The third kappa shape index (κ3) is 1.67. The molecule has 2 heterocycles. The van der Waals surface area contributed by atoms with Gasteiger partial charge in [0.05, 0.1) is 11.7 Å². The first-order valence-electron chi connectivity index (χ1n) is 4.68. The van der Waals surface area contributed by atoms with Gasteiger partial charge in [-0.2, -0.15) is 11.3 Å². The molecule has 0 aliphatic carbocycles. The smallest absolute Gasteiger partial charge is 0.255 e. The summed E-state index contributed by atoms with van der Waals surface area (Å²) in [6, 6.07) is 0. The Morgan fingerprint density at radius 1 is 1.64 bits per heavy atom. The van der Waals surface area contributed by atoms with Crippen molar-refractivity contribution in [3.05, 3.63) is 21.9 Å². The van der Waals surface area contributed by atoms with Crippen LogP contribution in [0.2, 0.25) is 0 Å². The first-order valence-corrected chi connectivity index (χ1v) is 5.63. The van der Waals surface area contributed by atoms with Gasteiger partial charge in [0.2, 0.25) is 0 Å². The van der Waals surface area contributed by atoms with Crippen molar-refractivity contribution in [3.8, 4) is 0 Å². The van der Waals surface area contributed by atoms with Gasteiger partial charge in [0.25, 0.3) is 5.91 Å². The van der Waals surface area contributed by atoms with Gasteiger partial charge < -0.3 is 10.0 Å². The molecule has 3 nitrogen and oxygen atoms in total. The molecule has 1 aliphatic heterocycles. The Bertz CT molecular complexity index is 348. The van der Waals surface area contributed by atoms with Crippen molar-refractivity contribution < 1.29 is 9.90 Å². The van der Waals surface area contributed by atoms with Gasteiger partial charge in [0.1, 0.15) is 0 Å². The quantitative estimate of drug-likeness (QED) is 0.759. The summed E-state index contributed by atoms with van der Waals surface area (Å²) in [5.74, 6) is 0.0558. The molecule has 4 heteroatoms. The number of thiophene rings is 1. The van der Waals surface area contributed by atoms with Gasteiger partial charge in [-0.1, -0.05) is 0 Å². The zero-order valence-electron chi connectivity index (χ0n) is 8.06. The highest BCUT2D eigenvalue weighted by atomic mass is 32.1. The molecule has 1 aliphatic rings. The lowest BCUT2D eigenvalue weighted by atomic mass is 10.2. The van der Waals surface area contributed by atoms with Crippen molar-refractivity contribution in [1.29, 1.82) is 0 Å². The van der Waals surface area contributed by atoms with Crippen molar-refractivity contribution in [1.82, 2.24) is 4.90 Å². The number of amides is 1. The predicted octanol–water partition coefficient (Wildman–Crippen LogP) is 1.26. The Balaban J connectivity index is 2.13. The van der Waals surface area contributed by atoms with Crippen LogP contribution in [0.4, 0.5) is 0 Å². The lowest BCUT2D eigenvalue weighted by Crippen LogP contribution is -2.29. The zero-order chi connectivity index (χ0) is 10.1. The van der Waals surface area contributed by atoms with E-state index in [0.29, 0.717) is 19.5 Å². The molecule has 1 N–H and O–H groups in total. The Labute approximate surface area is 87.0 Å². The summed E-state index contributed by atoms with van der Waals surface area (Å²) in [6.07, 6.45) is 0.368. The van der Waals surface area contributed by atoms with E-state index in [4.69, 9.17) is 0 Å². The van der Waals surface area contributed by atoms with E-state index in [-0.39, 0.29) is 12.0 Å². The average Bonchev–Trinajstić information content (AvgIpc) is 2.73. The molecule has 1 aromatic rings. The lowest BCUT2D eigenvalue weighted by molar-refractivity contribution is 0.0765. The fourth-order valence-corrected chi connectivity index (χ4v) is 2.50. The van der Waals surface area contributed by atoms with Crippen LogP contribution in [0.1, 0.15) is 22.3 Å². The van der Waals surface area contributed by atoms with Gasteiger partial charge in [-0.05, 0) is 24.3 Å². The molecule has 0 saturated carbocycles. The van der Waals surface area contributed by atoms with Gasteiger partial charge >= 0.3 is 0 Å². The third-order valence-electron chi connectivity index (χ3n) is 2.54. The van der Waals surface area contributed by atoms with Gasteiger partial charge in [-0.3, -0.25) is 4.79 Å². The summed E-state index contributed by atoms with van der Waals surface area (Å²) in [5.41, 5.74) is 1.81. The molecule has 0 aromatic carbocycles. The van der Waals surface area contributed by atoms with Gasteiger partial charge in [0.15, 0.2) is 0 Å². The van der Waals surface area contributed by atoms with Crippen molar-refractivity contribution >= 4 is 17.2 Å². The van der Waals surface area contributed by atoms with Crippen LogP contribution in [-0.4, -0.2) is 35.1 Å². The number of aryl methyl sites for hydroxylation is 1. The number of hydrogen-bond acceptors (Lipinski definition) is 3. The number of aliphatic hydroxyl groups excluding tert-OH is 1. The maximum Gasteiger partial charge on any atom is 0.255 e. The largest absolute Gasteiger partial charge is 0.391 e. The van der Waals surface area contributed by atoms with Crippen LogP contribution in [0.3, 0.4) is 0 Å². The van der Waals surface area contributed by atoms with Crippen LogP contribution in [0, 0.1) is 6.92 Å². The van der Waals surface area contributed by atoms with Crippen molar-refractivity contribution in [3.63, 3.8) is 0 Å². The van der Waals surface area contributed by atoms with E-state index < -0.39 is 0 Å². The molecular formula is C10H13NO2S. The lowest BCUT2D eigenvalue weighted by Gasteiger charge is -2.14. The van der Waals surface area contributed by atoms with E-state index >= 15 is 0 Å². The summed E-state index contributed by atoms with van der Waals surface area (Å²) in [6.45, 7) is 3.10. The minimum absolute atomic E-state index is 0.0558. The number of carbonyl (C=O) groups is 1. The highest BCUT2D eigenvalue weighted by Gasteiger charge is 2.26. The van der Waals surface area contributed by atoms with E-state index in [1.165, 1.54) is 0 Å². The number of hydrogen-bond donors (Lipinski definition) is 1. The Morgan fingerprint density at radius 2 is 2.43 bits per heavy atom. The summed E-state index contributed by atoms with van der Waals surface area (Å²) in [7, 11) is 0. The molecule has 1 aromatic heterocycles. The van der Waals surface area contributed by atoms with Crippen molar-refractivity contribution in [2.45, 2.75) is 19.4 Å². The zero-order valence-corrected chi connectivity index (χ0v) is 8.88. The highest BCUT2D eigenvalue weighted by molar-refractivity contribution is 7.08. The molecule has 76 valence electrons. The van der Waals surface area contributed by atoms with Crippen molar-refractivity contribution in [2.75, 3.05) is 13.1 Å². The summed E-state index contributed by atoms with van der Waals surface area (Å²) in [4.78, 5) is 13.6. The van der Waals surface area contributed by atoms with Crippen LogP contribution < -0.4 is 0 Å². The monoisotopic (exact) mass is 211 g/mol. The maximum absolute atomic E-state index is 11.9. The molecule has 1 amide bonds. The molecule has 0 bridgehead atoms. The number of aliphatic hydroxyl groups is 1. The van der Waals surface area contributed by atoms with Crippen LogP contribution in [-0.2, 0) is 0 Å². The standard InChI is InChI=1S/C10H13NO2S/c1-7-5-14-6-9(7)10(13)11-3-2-8(12)4-11/h5-6,8,12H,2-4H2,1H3. The van der Waals surface area contributed by atoms with Crippen LogP contribution in [0.25, 0.3) is 0 Å². The number of rotatable bonds is 1. The fourth-order valence-electron chi connectivity index (χ4n) is 1.68. The molecule has 1 atom stereocenters. The van der Waals surface area contributed by atoms with Crippen LogP contribution in [0.15, 0.2) is 10.8 Å². The normalized spacial score (nSPS) is 21.6. The van der Waals surface area contributed by atoms with Crippen LogP contribution >= 0.6 is 11.3 Å². The van der Waals surface area contributed by atoms with E-state index in [9.17, 15) is 9.90 Å². The highest BCUT2D eigenvalue weighted by Crippen LogP contribution is 2.19. The van der Waals surface area contributed by atoms with Gasteiger partial charge in [-0.15, -0.1) is 0 Å². The minimum Gasteiger partial charge on any atom is -0.391 e. The average molecular weight is 211 g/mol. The molecule has 2 rings (SSSR count). The number of β-amino-alcohol motifs (C(OH)–C–C–N with tert-alkyl or cyclic N) is 1. The number of nitrogens with zero attached hydrogens (tertiary/aromatic N) is 1. The molecule has 14 heavy (non-hydrogen) atoms. The Kier molecular flexibility index (Phi) is 2.56. The van der Waals surface area contributed by atoms with E-state index in [1.807, 2.05) is 17.7 Å². The molecule has 0 radical (unpaired) electrons. The Hall–Kier alpha value is -0.870. The van der Waals surface area contributed by atoms with E-state index in [0.717, 1.165) is 11.1 Å². The first-order chi connectivity index (χ1) is 6.68. The topological polar surface area (TPSA) is 40.5 Å². The summed E-state index contributed by atoms with van der Waals surface area (Å²) >= 11 is 1.54. The van der Waals surface area contributed by atoms with E-state index in [2.05, 4.69) is 0 Å². The van der Waals surface area contributed by atoms with Crippen LogP contribution in [0.5, 0.6) is 0 Å². The summed E-state index contributed by atoms with van der Waals surface area (Å²) < 4.78 is 0. The minimum atomic E-state index is -0.335. The first kappa shape index (κ1) is 9.68. The second kappa shape index (κ2) is 3.71. The second-order valence-electron chi connectivity index (χ2n) is 3.66. The predicted molar refractivity (Wildman–Crippen MR) is 55.6 cm³/mol. The molecule has 1 saturated heterocycles. The van der Waals surface area contributed by atoms with Gasteiger partial charge in [-0.25, -0.2) is 0 Å². The van der Waals surface area contributed by atoms with Gasteiger partial charge in [0, 0.05) is 18.5 Å². The molecule has 1 unspecified atom stereocenters. The van der Waals surface area contributed by atoms with Crippen molar-refractivity contribution in [2.24, 2.45) is 0 Å². The summed E-state index contributed by atoms with van der Waals surface area (Å²) in [5, 5.41) is 13.2.